The van der Waals surface area contributed by atoms with Crippen molar-refractivity contribution >= 4 is 11.0 Å². The Morgan fingerprint density at radius 3 is 2.35 bits per heavy atom. The van der Waals surface area contributed by atoms with Crippen molar-refractivity contribution in [1.29, 1.82) is 0 Å². The molecule has 122 valence electrons. The Morgan fingerprint density at radius 1 is 1.13 bits per heavy atom. The van der Waals surface area contributed by atoms with E-state index in [2.05, 4.69) is 15.2 Å². The van der Waals surface area contributed by atoms with Crippen molar-refractivity contribution in [2.75, 3.05) is 0 Å². The minimum absolute atomic E-state index is 0.0599. The van der Waals surface area contributed by atoms with Crippen LogP contribution in [-0.4, -0.2) is 24.5 Å². The monoisotopic (exact) mass is 323 g/mol. The number of alkyl halides is 3. The zero-order valence-electron chi connectivity index (χ0n) is 13.2. The summed E-state index contributed by atoms with van der Waals surface area (Å²) in [4.78, 5) is 4.43. The number of aromatic nitrogens is 5. The summed E-state index contributed by atoms with van der Waals surface area (Å²) in [7, 11) is 1.72. The van der Waals surface area contributed by atoms with Gasteiger partial charge in [-0.1, -0.05) is 0 Å². The molecule has 0 spiro atoms. The van der Waals surface area contributed by atoms with E-state index in [0.29, 0.717) is 23.5 Å². The molecule has 8 heteroatoms. The smallest absolute Gasteiger partial charge is 0.275 e. The molecule has 0 unspecified atom stereocenters. The Labute approximate surface area is 130 Å². The average Bonchev–Trinajstić information content (AvgIpc) is 2.96. The van der Waals surface area contributed by atoms with E-state index in [4.69, 9.17) is 0 Å². The summed E-state index contributed by atoms with van der Waals surface area (Å²) in [5.74, 6) is 0. The van der Waals surface area contributed by atoms with Crippen molar-refractivity contribution in [3.05, 3.63) is 29.2 Å². The number of nitrogens with zero attached hydrogens (tertiary/aromatic N) is 5. The third kappa shape index (κ3) is 2.47. The van der Waals surface area contributed by atoms with Gasteiger partial charge in [-0.25, -0.2) is 9.67 Å². The number of hydrogen-bond acceptors (Lipinski definition) is 3. The van der Waals surface area contributed by atoms with Crippen LogP contribution >= 0.6 is 0 Å². The van der Waals surface area contributed by atoms with E-state index in [9.17, 15) is 13.2 Å². The molecule has 0 saturated heterocycles. The number of pyridine rings is 1. The summed E-state index contributed by atoms with van der Waals surface area (Å²) >= 11 is 0. The molecule has 3 heterocycles. The lowest BCUT2D eigenvalue weighted by Gasteiger charge is -2.11. The van der Waals surface area contributed by atoms with Crippen LogP contribution < -0.4 is 0 Å². The van der Waals surface area contributed by atoms with E-state index in [1.807, 2.05) is 6.92 Å². The van der Waals surface area contributed by atoms with E-state index in [1.165, 1.54) is 4.68 Å². The summed E-state index contributed by atoms with van der Waals surface area (Å²) < 4.78 is 43.6. The van der Waals surface area contributed by atoms with Crippen LogP contribution in [0.5, 0.6) is 0 Å². The molecule has 0 amide bonds. The van der Waals surface area contributed by atoms with Gasteiger partial charge in [-0.15, -0.1) is 0 Å². The summed E-state index contributed by atoms with van der Waals surface area (Å²) in [6.45, 7) is 5.59. The molecule has 0 bridgehead atoms. The van der Waals surface area contributed by atoms with E-state index in [1.54, 1.807) is 31.8 Å². The van der Waals surface area contributed by atoms with Gasteiger partial charge in [0.2, 0.25) is 0 Å². The summed E-state index contributed by atoms with van der Waals surface area (Å²) in [6, 6.07) is 1.08. The van der Waals surface area contributed by atoms with Crippen molar-refractivity contribution in [1.82, 2.24) is 24.5 Å². The van der Waals surface area contributed by atoms with E-state index in [-0.39, 0.29) is 16.7 Å². The van der Waals surface area contributed by atoms with Gasteiger partial charge in [0.15, 0.2) is 5.65 Å². The standard InChI is InChI=1S/C15H16F3N5/c1-5-23-14-13(9(3)21-23)11(15(16,17)18)6-12(19-14)10-7-22(4)20-8(10)2/h6-7H,5H2,1-4H3. The van der Waals surface area contributed by atoms with Crippen LogP contribution in [0.2, 0.25) is 0 Å². The topological polar surface area (TPSA) is 48.5 Å². The van der Waals surface area contributed by atoms with Crippen molar-refractivity contribution in [2.45, 2.75) is 33.5 Å². The molecule has 0 atom stereocenters. The molecule has 0 aromatic carbocycles. The van der Waals surface area contributed by atoms with Gasteiger partial charge in [0, 0.05) is 25.4 Å². The van der Waals surface area contributed by atoms with E-state index < -0.39 is 11.7 Å². The minimum Gasteiger partial charge on any atom is -0.275 e. The normalized spacial score (nSPS) is 12.3. The fourth-order valence-electron chi connectivity index (χ4n) is 2.79. The fourth-order valence-corrected chi connectivity index (χ4v) is 2.79. The third-order valence-corrected chi connectivity index (χ3v) is 3.77. The van der Waals surface area contributed by atoms with Crippen molar-refractivity contribution in [3.8, 4) is 11.3 Å². The highest BCUT2D eigenvalue weighted by Gasteiger charge is 2.35. The van der Waals surface area contributed by atoms with Gasteiger partial charge >= 0.3 is 6.18 Å². The number of rotatable bonds is 2. The Balaban J connectivity index is 2.39. The van der Waals surface area contributed by atoms with Crippen LogP contribution in [0.3, 0.4) is 0 Å². The largest absolute Gasteiger partial charge is 0.417 e. The molecule has 0 N–H and O–H groups in total. The van der Waals surface area contributed by atoms with E-state index in [0.717, 1.165) is 6.07 Å². The molecule has 0 saturated carbocycles. The van der Waals surface area contributed by atoms with Gasteiger partial charge in [-0.2, -0.15) is 23.4 Å². The Morgan fingerprint density at radius 2 is 1.83 bits per heavy atom. The van der Waals surface area contributed by atoms with Gasteiger partial charge in [-0.05, 0) is 26.8 Å². The molecule has 3 aromatic rings. The predicted octanol–water partition coefficient (Wildman–Crippen LogP) is 3.49. The molecule has 0 aliphatic carbocycles. The van der Waals surface area contributed by atoms with Gasteiger partial charge in [0.25, 0.3) is 0 Å². The maximum absolute atomic E-state index is 13.5. The van der Waals surface area contributed by atoms with Crippen molar-refractivity contribution in [3.63, 3.8) is 0 Å². The Bertz CT molecular complexity index is 889. The molecule has 3 aromatic heterocycles. The molecule has 0 aliphatic heterocycles. The van der Waals surface area contributed by atoms with Crippen molar-refractivity contribution < 1.29 is 13.2 Å². The first-order valence-corrected chi connectivity index (χ1v) is 7.18. The summed E-state index contributed by atoms with van der Waals surface area (Å²) in [5.41, 5.74) is 1.34. The summed E-state index contributed by atoms with van der Waals surface area (Å²) in [6.07, 6.45) is -2.80. The predicted molar refractivity (Wildman–Crippen MR) is 79.9 cm³/mol. The first-order chi connectivity index (χ1) is 10.7. The fraction of sp³-hybridized carbons (Fsp3) is 0.400. The number of hydrogen-bond donors (Lipinski definition) is 0. The molecular formula is C15H16F3N5. The minimum atomic E-state index is -4.47. The number of aryl methyl sites for hydroxylation is 4. The second kappa shape index (κ2) is 5.07. The molecule has 5 nitrogen and oxygen atoms in total. The second-order valence-corrected chi connectivity index (χ2v) is 5.45. The molecule has 0 fully saturated rings. The van der Waals surface area contributed by atoms with Crippen LogP contribution in [0.4, 0.5) is 13.2 Å². The maximum Gasteiger partial charge on any atom is 0.417 e. The first-order valence-electron chi connectivity index (χ1n) is 7.18. The molecule has 23 heavy (non-hydrogen) atoms. The lowest BCUT2D eigenvalue weighted by molar-refractivity contribution is -0.136. The lowest BCUT2D eigenvalue weighted by atomic mass is 10.1. The SMILES string of the molecule is CCn1nc(C)c2c(C(F)(F)F)cc(-c3cn(C)nc3C)nc21. The maximum atomic E-state index is 13.5. The first kappa shape index (κ1) is 15.5. The molecule has 0 aliphatic rings. The van der Waals surface area contributed by atoms with Crippen LogP contribution in [0.25, 0.3) is 22.3 Å². The second-order valence-electron chi connectivity index (χ2n) is 5.45. The van der Waals surface area contributed by atoms with Gasteiger partial charge in [0.05, 0.1) is 28.0 Å². The number of fused-ring (bicyclic) bond motifs is 1. The highest BCUT2D eigenvalue weighted by molar-refractivity contribution is 5.86. The third-order valence-electron chi connectivity index (χ3n) is 3.77. The zero-order chi connectivity index (χ0) is 16.9. The van der Waals surface area contributed by atoms with Gasteiger partial charge in [0.1, 0.15) is 0 Å². The Hall–Kier alpha value is -2.38. The van der Waals surface area contributed by atoms with Crippen molar-refractivity contribution in [2.24, 2.45) is 7.05 Å². The zero-order valence-corrected chi connectivity index (χ0v) is 13.2. The highest BCUT2D eigenvalue weighted by atomic mass is 19.4. The van der Waals surface area contributed by atoms with Crippen LogP contribution in [0.1, 0.15) is 23.9 Å². The van der Waals surface area contributed by atoms with Crippen LogP contribution in [0.15, 0.2) is 12.3 Å². The molecular weight excluding hydrogens is 307 g/mol. The highest BCUT2D eigenvalue weighted by Crippen LogP contribution is 2.38. The summed E-state index contributed by atoms with van der Waals surface area (Å²) in [5, 5.41) is 8.42. The molecule has 0 radical (unpaired) electrons. The molecule has 3 rings (SSSR count). The van der Waals surface area contributed by atoms with Gasteiger partial charge in [-0.3, -0.25) is 4.68 Å². The van der Waals surface area contributed by atoms with Crippen LogP contribution in [-0.2, 0) is 19.8 Å². The quantitative estimate of drug-likeness (QED) is 0.725. The Kier molecular flexibility index (Phi) is 3.42. The van der Waals surface area contributed by atoms with Gasteiger partial charge < -0.3 is 0 Å². The lowest BCUT2D eigenvalue weighted by Crippen LogP contribution is -2.08. The average molecular weight is 323 g/mol. The van der Waals surface area contributed by atoms with E-state index >= 15 is 0 Å². The van der Waals surface area contributed by atoms with Crippen LogP contribution in [0, 0.1) is 13.8 Å². The number of halogens is 3.